The third kappa shape index (κ3) is 4.28. The summed E-state index contributed by atoms with van der Waals surface area (Å²) in [6.07, 6.45) is 2.62. The fourth-order valence-corrected chi connectivity index (χ4v) is 3.09. The molecular formula is C19H22N2O4. The summed E-state index contributed by atoms with van der Waals surface area (Å²) in [6.45, 7) is 1.20. The number of likely N-dealkylation sites (tertiary alicyclic amines) is 1. The topological polar surface area (TPSA) is 82.8 Å². The Bertz CT molecular complexity index is 699. The molecule has 1 aliphatic heterocycles. The minimum atomic E-state index is -0.669. The van der Waals surface area contributed by atoms with Gasteiger partial charge in [-0.2, -0.15) is 0 Å². The lowest BCUT2D eigenvalue weighted by atomic mass is 10.0. The van der Waals surface area contributed by atoms with Crippen LogP contribution in [0.15, 0.2) is 53.1 Å². The Morgan fingerprint density at radius 1 is 1.24 bits per heavy atom. The Kier molecular flexibility index (Phi) is 5.50. The van der Waals surface area contributed by atoms with Gasteiger partial charge in [-0.15, -0.1) is 0 Å². The molecule has 1 saturated heterocycles. The number of hydrogen-bond donors (Lipinski definition) is 2. The molecule has 25 heavy (non-hydrogen) atoms. The average Bonchev–Trinajstić information content (AvgIpc) is 3.33. The van der Waals surface area contributed by atoms with Crippen LogP contribution in [0.25, 0.3) is 0 Å². The van der Waals surface area contributed by atoms with Crippen molar-refractivity contribution >= 4 is 11.8 Å². The van der Waals surface area contributed by atoms with E-state index in [2.05, 4.69) is 5.32 Å². The summed E-state index contributed by atoms with van der Waals surface area (Å²) >= 11 is 0. The van der Waals surface area contributed by atoms with Gasteiger partial charge < -0.3 is 19.7 Å². The highest BCUT2D eigenvalue weighted by atomic mass is 16.3. The highest BCUT2D eigenvalue weighted by molar-refractivity contribution is 5.95. The summed E-state index contributed by atoms with van der Waals surface area (Å²) in [5, 5.41) is 12.1. The summed E-state index contributed by atoms with van der Waals surface area (Å²) in [5.41, 5.74) is 0.971. The fourth-order valence-electron chi connectivity index (χ4n) is 3.09. The minimum absolute atomic E-state index is 0.0753. The molecule has 2 atom stereocenters. The predicted molar refractivity (Wildman–Crippen MR) is 91.9 cm³/mol. The van der Waals surface area contributed by atoms with Crippen LogP contribution < -0.4 is 5.32 Å². The van der Waals surface area contributed by atoms with Gasteiger partial charge in [-0.25, -0.2) is 0 Å². The van der Waals surface area contributed by atoms with Crippen LogP contribution in [-0.2, 0) is 11.2 Å². The standard InChI is InChI=1S/C19H22N2O4/c22-13-15-8-9-21(12-15)19(24)16(11-14-5-2-1-3-6-14)20-18(23)17-7-4-10-25-17/h1-7,10,15-16,22H,8-9,11-13H2,(H,20,23). The number of rotatable bonds is 6. The molecule has 6 heteroatoms. The highest BCUT2D eigenvalue weighted by Gasteiger charge is 2.32. The van der Waals surface area contributed by atoms with E-state index in [0.717, 1.165) is 12.0 Å². The van der Waals surface area contributed by atoms with Crippen molar-refractivity contribution in [3.05, 3.63) is 60.1 Å². The number of hydrogen-bond acceptors (Lipinski definition) is 4. The summed E-state index contributed by atoms with van der Waals surface area (Å²) in [4.78, 5) is 27.0. The van der Waals surface area contributed by atoms with E-state index in [4.69, 9.17) is 4.42 Å². The van der Waals surface area contributed by atoms with Gasteiger partial charge in [0.2, 0.25) is 5.91 Å². The van der Waals surface area contributed by atoms with Crippen LogP contribution in [0.5, 0.6) is 0 Å². The molecule has 1 fully saturated rings. The second-order valence-electron chi connectivity index (χ2n) is 6.31. The zero-order chi connectivity index (χ0) is 17.6. The number of carbonyl (C=O) groups is 2. The van der Waals surface area contributed by atoms with Crippen LogP contribution >= 0.6 is 0 Å². The van der Waals surface area contributed by atoms with Crippen LogP contribution in [-0.4, -0.2) is 47.6 Å². The number of aliphatic hydroxyl groups excluding tert-OH is 1. The van der Waals surface area contributed by atoms with E-state index in [-0.39, 0.29) is 24.2 Å². The first kappa shape index (κ1) is 17.2. The number of furan rings is 1. The summed E-state index contributed by atoms with van der Waals surface area (Å²) in [7, 11) is 0. The summed E-state index contributed by atoms with van der Waals surface area (Å²) < 4.78 is 5.12. The van der Waals surface area contributed by atoms with E-state index in [1.807, 2.05) is 30.3 Å². The molecule has 0 spiro atoms. The van der Waals surface area contributed by atoms with Gasteiger partial charge in [-0.3, -0.25) is 9.59 Å². The van der Waals surface area contributed by atoms with Crippen LogP contribution in [0.4, 0.5) is 0 Å². The zero-order valence-electron chi connectivity index (χ0n) is 13.9. The van der Waals surface area contributed by atoms with E-state index in [1.54, 1.807) is 17.0 Å². The van der Waals surface area contributed by atoms with Crippen molar-refractivity contribution in [2.24, 2.45) is 5.92 Å². The van der Waals surface area contributed by atoms with E-state index < -0.39 is 11.9 Å². The van der Waals surface area contributed by atoms with Gasteiger partial charge >= 0.3 is 0 Å². The van der Waals surface area contributed by atoms with Crippen molar-refractivity contribution in [1.82, 2.24) is 10.2 Å². The molecule has 6 nitrogen and oxygen atoms in total. The first-order valence-corrected chi connectivity index (χ1v) is 8.45. The fraction of sp³-hybridized carbons (Fsp3) is 0.368. The number of amides is 2. The van der Waals surface area contributed by atoms with Crippen LogP contribution in [0, 0.1) is 5.92 Å². The Labute approximate surface area is 146 Å². The van der Waals surface area contributed by atoms with Gasteiger partial charge in [0, 0.05) is 32.0 Å². The lowest BCUT2D eigenvalue weighted by Gasteiger charge is -2.24. The quantitative estimate of drug-likeness (QED) is 0.833. The number of carbonyl (C=O) groups excluding carboxylic acids is 2. The Hall–Kier alpha value is -2.60. The SMILES string of the molecule is O=C(NC(Cc1ccccc1)C(=O)N1CCC(CO)C1)c1ccco1. The Balaban J connectivity index is 1.74. The summed E-state index contributed by atoms with van der Waals surface area (Å²) in [5.74, 6) is -0.237. The zero-order valence-corrected chi connectivity index (χ0v) is 13.9. The molecule has 0 aliphatic carbocycles. The highest BCUT2D eigenvalue weighted by Crippen LogP contribution is 2.18. The second-order valence-corrected chi connectivity index (χ2v) is 6.31. The van der Waals surface area contributed by atoms with Crippen molar-refractivity contribution < 1.29 is 19.1 Å². The maximum atomic E-state index is 12.9. The Morgan fingerprint density at radius 3 is 2.68 bits per heavy atom. The van der Waals surface area contributed by atoms with Crippen LogP contribution in [0.2, 0.25) is 0 Å². The van der Waals surface area contributed by atoms with Gasteiger partial charge in [0.1, 0.15) is 6.04 Å². The van der Waals surface area contributed by atoms with Crippen LogP contribution in [0.3, 0.4) is 0 Å². The maximum Gasteiger partial charge on any atom is 0.287 e. The average molecular weight is 342 g/mol. The monoisotopic (exact) mass is 342 g/mol. The molecule has 1 aliphatic rings. The molecule has 2 N–H and O–H groups in total. The lowest BCUT2D eigenvalue weighted by Crippen LogP contribution is -2.49. The van der Waals surface area contributed by atoms with Crippen molar-refractivity contribution in [3.63, 3.8) is 0 Å². The van der Waals surface area contributed by atoms with Gasteiger partial charge in [0.05, 0.1) is 6.26 Å². The molecule has 0 saturated carbocycles. The first-order chi connectivity index (χ1) is 12.2. The largest absolute Gasteiger partial charge is 0.459 e. The number of benzene rings is 1. The van der Waals surface area contributed by atoms with Crippen molar-refractivity contribution in [3.8, 4) is 0 Å². The number of nitrogens with zero attached hydrogens (tertiary/aromatic N) is 1. The lowest BCUT2D eigenvalue weighted by molar-refractivity contribution is -0.132. The van der Waals surface area contributed by atoms with Gasteiger partial charge in [-0.05, 0) is 24.1 Å². The molecule has 0 bridgehead atoms. The third-order valence-electron chi connectivity index (χ3n) is 4.49. The van der Waals surface area contributed by atoms with Crippen molar-refractivity contribution in [2.45, 2.75) is 18.9 Å². The van der Waals surface area contributed by atoms with E-state index in [9.17, 15) is 14.7 Å². The molecule has 132 valence electrons. The minimum Gasteiger partial charge on any atom is -0.459 e. The molecule has 2 aromatic rings. The van der Waals surface area contributed by atoms with Crippen molar-refractivity contribution in [2.75, 3.05) is 19.7 Å². The normalized spacial score (nSPS) is 18.1. The molecule has 0 radical (unpaired) electrons. The molecule has 2 unspecified atom stereocenters. The van der Waals surface area contributed by atoms with Crippen molar-refractivity contribution in [1.29, 1.82) is 0 Å². The van der Waals surface area contributed by atoms with Gasteiger partial charge in [0.15, 0.2) is 5.76 Å². The Morgan fingerprint density at radius 2 is 2.04 bits per heavy atom. The smallest absolute Gasteiger partial charge is 0.287 e. The first-order valence-electron chi connectivity index (χ1n) is 8.45. The van der Waals surface area contributed by atoms with Gasteiger partial charge in [0.25, 0.3) is 5.91 Å². The molecule has 2 heterocycles. The van der Waals surface area contributed by atoms with Gasteiger partial charge in [-0.1, -0.05) is 30.3 Å². The van der Waals surface area contributed by atoms with Crippen LogP contribution in [0.1, 0.15) is 22.5 Å². The molecule has 2 amide bonds. The number of nitrogens with one attached hydrogen (secondary N) is 1. The molecule has 1 aromatic carbocycles. The number of aliphatic hydroxyl groups is 1. The molecule has 1 aromatic heterocycles. The third-order valence-corrected chi connectivity index (χ3v) is 4.49. The molecule has 3 rings (SSSR count). The predicted octanol–water partition coefficient (Wildman–Crippen LogP) is 1.46. The van der Waals surface area contributed by atoms with E-state index in [0.29, 0.717) is 19.5 Å². The second kappa shape index (κ2) is 7.98. The van der Waals surface area contributed by atoms with E-state index >= 15 is 0 Å². The molecular weight excluding hydrogens is 320 g/mol. The maximum absolute atomic E-state index is 12.9. The summed E-state index contributed by atoms with van der Waals surface area (Å²) in [6, 6.07) is 12.1. The van der Waals surface area contributed by atoms with E-state index in [1.165, 1.54) is 6.26 Å².